The van der Waals surface area contributed by atoms with Crippen LogP contribution in [0, 0.1) is 0 Å². The van der Waals surface area contributed by atoms with Crippen molar-refractivity contribution in [2.24, 2.45) is 0 Å². The molecule has 3 aromatic rings. The molecule has 3 rings (SSSR count). The van der Waals surface area contributed by atoms with Crippen LogP contribution < -0.4 is 4.74 Å². The summed E-state index contributed by atoms with van der Waals surface area (Å²) in [6.07, 6.45) is 2.35. The number of phenols is 1. The van der Waals surface area contributed by atoms with Crippen molar-refractivity contribution >= 4 is 17.9 Å². The number of rotatable bonds is 13. The summed E-state index contributed by atoms with van der Waals surface area (Å²) in [7, 11) is 1.57. The van der Waals surface area contributed by atoms with E-state index in [1.54, 1.807) is 13.2 Å². The van der Waals surface area contributed by atoms with Crippen LogP contribution >= 0.6 is 0 Å². The second kappa shape index (κ2) is 15.1. The van der Waals surface area contributed by atoms with Crippen molar-refractivity contribution in [2.75, 3.05) is 13.7 Å². The minimum atomic E-state index is -2.74. The number of aliphatic carboxylic acids is 3. The molecule has 11 heteroatoms. The SMILES string of the molecule is COc1cc(CN(CCc2ccccc2)Cc2ccncc2)ccc1O.O=C(O)CC(O)(CC(=O)O)C(=O)O. The fraction of sp³-hybridized carbons (Fsp3) is 0.286. The van der Waals surface area contributed by atoms with E-state index >= 15 is 0 Å². The Labute approximate surface area is 225 Å². The topological polar surface area (TPSA) is 178 Å². The molecular formula is C28H32N2O9. The van der Waals surface area contributed by atoms with Gasteiger partial charge in [-0.15, -0.1) is 0 Å². The van der Waals surface area contributed by atoms with Crippen molar-refractivity contribution in [2.45, 2.75) is 38.0 Å². The van der Waals surface area contributed by atoms with Gasteiger partial charge < -0.3 is 30.3 Å². The molecule has 0 fully saturated rings. The van der Waals surface area contributed by atoms with Gasteiger partial charge in [0.2, 0.25) is 0 Å². The number of hydrogen-bond donors (Lipinski definition) is 5. The molecule has 208 valence electrons. The zero-order valence-electron chi connectivity index (χ0n) is 21.4. The van der Waals surface area contributed by atoms with Gasteiger partial charge in [0.1, 0.15) is 0 Å². The van der Waals surface area contributed by atoms with Gasteiger partial charge >= 0.3 is 17.9 Å². The summed E-state index contributed by atoms with van der Waals surface area (Å²) in [6, 6.07) is 20.2. The summed E-state index contributed by atoms with van der Waals surface area (Å²) in [5.74, 6) is -4.34. The first kappa shape index (κ1) is 30.7. The Morgan fingerprint density at radius 1 is 0.846 bits per heavy atom. The summed E-state index contributed by atoms with van der Waals surface area (Å²) in [5, 5.41) is 43.6. The summed E-state index contributed by atoms with van der Waals surface area (Å²) < 4.78 is 5.24. The van der Waals surface area contributed by atoms with Crippen LogP contribution in [0.2, 0.25) is 0 Å². The highest BCUT2D eigenvalue weighted by Crippen LogP contribution is 2.27. The Morgan fingerprint density at radius 3 is 1.97 bits per heavy atom. The van der Waals surface area contributed by atoms with Crippen molar-refractivity contribution in [3.8, 4) is 11.5 Å². The Bertz CT molecular complexity index is 1200. The van der Waals surface area contributed by atoms with E-state index in [1.165, 1.54) is 11.1 Å². The number of ether oxygens (including phenoxy) is 1. The van der Waals surface area contributed by atoms with Gasteiger partial charge in [0, 0.05) is 32.0 Å². The lowest BCUT2D eigenvalue weighted by Crippen LogP contribution is -2.42. The van der Waals surface area contributed by atoms with Crippen LogP contribution in [-0.4, -0.2) is 72.6 Å². The standard InChI is InChI=1S/C22H24N2O2.C6H8O7/c1-26-22-15-20(7-8-21(22)25)17-24(16-19-9-12-23-13-10-19)14-11-18-5-3-2-4-6-18;7-3(8)1-6(13,5(11)12)2-4(9)10/h2-10,12-13,15,25H,11,14,16-17H2,1H3;13H,1-2H2,(H,7,8)(H,9,10)(H,11,12). The van der Waals surface area contributed by atoms with Crippen LogP contribution in [0.15, 0.2) is 73.1 Å². The lowest BCUT2D eigenvalue weighted by molar-refractivity contribution is -0.170. The van der Waals surface area contributed by atoms with Crippen LogP contribution in [0.4, 0.5) is 0 Å². The van der Waals surface area contributed by atoms with E-state index in [-0.39, 0.29) is 5.75 Å². The number of carbonyl (C=O) groups is 3. The number of methoxy groups -OCH3 is 1. The highest BCUT2D eigenvalue weighted by Gasteiger charge is 2.40. The quantitative estimate of drug-likeness (QED) is 0.215. The monoisotopic (exact) mass is 540 g/mol. The van der Waals surface area contributed by atoms with Gasteiger partial charge in [-0.05, 0) is 47.4 Å². The third-order valence-corrected chi connectivity index (χ3v) is 5.65. The number of phenolic OH excluding ortho intramolecular Hbond substituents is 1. The number of benzene rings is 2. The van der Waals surface area contributed by atoms with Gasteiger partial charge in [-0.3, -0.25) is 19.5 Å². The highest BCUT2D eigenvalue weighted by atomic mass is 16.5. The molecule has 0 atom stereocenters. The van der Waals surface area contributed by atoms with E-state index < -0.39 is 36.4 Å². The molecule has 1 aromatic heterocycles. The van der Waals surface area contributed by atoms with E-state index in [9.17, 15) is 19.5 Å². The zero-order chi connectivity index (χ0) is 28.8. The predicted octanol–water partition coefficient (Wildman–Crippen LogP) is 2.79. The van der Waals surface area contributed by atoms with E-state index in [0.717, 1.165) is 31.6 Å². The van der Waals surface area contributed by atoms with E-state index in [1.807, 2.05) is 42.7 Å². The normalized spacial score (nSPS) is 10.8. The lowest BCUT2D eigenvalue weighted by atomic mass is 9.96. The van der Waals surface area contributed by atoms with Crippen molar-refractivity contribution in [1.29, 1.82) is 0 Å². The number of pyridine rings is 1. The van der Waals surface area contributed by atoms with Crippen molar-refractivity contribution in [3.63, 3.8) is 0 Å². The van der Waals surface area contributed by atoms with Gasteiger partial charge in [-0.2, -0.15) is 0 Å². The third-order valence-electron chi connectivity index (χ3n) is 5.65. The lowest BCUT2D eigenvalue weighted by Gasteiger charge is -2.23. The summed E-state index contributed by atoms with van der Waals surface area (Å²) in [4.78, 5) is 37.0. The molecule has 1 heterocycles. The second-order valence-corrected chi connectivity index (χ2v) is 8.79. The van der Waals surface area contributed by atoms with Crippen molar-refractivity contribution in [1.82, 2.24) is 9.88 Å². The van der Waals surface area contributed by atoms with Crippen molar-refractivity contribution in [3.05, 3.63) is 89.7 Å². The molecule has 2 aromatic carbocycles. The molecule has 0 saturated heterocycles. The fourth-order valence-electron chi connectivity index (χ4n) is 3.68. The van der Waals surface area contributed by atoms with Gasteiger partial charge in [0.25, 0.3) is 0 Å². The van der Waals surface area contributed by atoms with Gasteiger partial charge in [-0.25, -0.2) is 4.79 Å². The number of aliphatic hydroxyl groups is 1. The maximum Gasteiger partial charge on any atom is 0.336 e. The first-order chi connectivity index (χ1) is 18.5. The molecule has 0 radical (unpaired) electrons. The van der Waals surface area contributed by atoms with Gasteiger partial charge in [-0.1, -0.05) is 36.4 Å². The minimum absolute atomic E-state index is 0.168. The summed E-state index contributed by atoms with van der Waals surface area (Å²) >= 11 is 0. The Kier molecular flexibility index (Phi) is 11.9. The van der Waals surface area contributed by atoms with E-state index in [0.29, 0.717) is 5.75 Å². The van der Waals surface area contributed by atoms with E-state index in [2.05, 4.69) is 34.1 Å². The summed E-state index contributed by atoms with van der Waals surface area (Å²) in [5.41, 5.74) is 0.939. The molecule has 0 unspecified atom stereocenters. The van der Waals surface area contributed by atoms with Crippen LogP contribution in [0.3, 0.4) is 0 Å². The molecular weight excluding hydrogens is 508 g/mol. The molecule has 0 bridgehead atoms. The van der Waals surface area contributed by atoms with Gasteiger partial charge in [0.05, 0.1) is 20.0 Å². The number of carboxylic acids is 3. The highest BCUT2D eigenvalue weighted by molar-refractivity contribution is 5.88. The van der Waals surface area contributed by atoms with Crippen LogP contribution in [0.5, 0.6) is 11.5 Å². The number of nitrogens with zero attached hydrogens (tertiary/aromatic N) is 2. The zero-order valence-corrected chi connectivity index (χ0v) is 21.4. The second-order valence-electron chi connectivity index (χ2n) is 8.79. The van der Waals surface area contributed by atoms with Crippen LogP contribution in [0.25, 0.3) is 0 Å². The Balaban J connectivity index is 0.000000349. The summed E-state index contributed by atoms with van der Waals surface area (Å²) in [6.45, 7) is 2.57. The molecule has 39 heavy (non-hydrogen) atoms. The number of aromatic hydroxyl groups is 1. The first-order valence-corrected chi connectivity index (χ1v) is 11.9. The molecule has 0 aliphatic rings. The smallest absolute Gasteiger partial charge is 0.336 e. The predicted molar refractivity (Wildman–Crippen MR) is 140 cm³/mol. The maximum absolute atomic E-state index is 10.3. The van der Waals surface area contributed by atoms with Gasteiger partial charge in [0.15, 0.2) is 17.1 Å². The minimum Gasteiger partial charge on any atom is -0.504 e. The maximum atomic E-state index is 10.3. The molecule has 0 aliphatic heterocycles. The Hall–Kier alpha value is -4.48. The number of hydrogen-bond acceptors (Lipinski definition) is 8. The van der Waals surface area contributed by atoms with Crippen LogP contribution in [0.1, 0.15) is 29.5 Å². The molecule has 11 nitrogen and oxygen atoms in total. The molecule has 5 N–H and O–H groups in total. The number of carboxylic acid groups (broad SMARTS) is 3. The Morgan fingerprint density at radius 2 is 1.44 bits per heavy atom. The van der Waals surface area contributed by atoms with Crippen molar-refractivity contribution < 1.29 is 44.7 Å². The average Bonchev–Trinajstić information content (AvgIpc) is 2.89. The molecule has 0 amide bonds. The first-order valence-electron chi connectivity index (χ1n) is 11.9. The third kappa shape index (κ3) is 10.8. The largest absolute Gasteiger partial charge is 0.504 e. The average molecular weight is 541 g/mol. The van der Waals surface area contributed by atoms with Crippen LogP contribution in [-0.2, 0) is 33.9 Å². The fourth-order valence-corrected chi connectivity index (χ4v) is 3.68. The number of aromatic nitrogens is 1. The van der Waals surface area contributed by atoms with E-state index in [4.69, 9.17) is 25.2 Å². The molecule has 0 aliphatic carbocycles. The molecule has 0 saturated carbocycles. The molecule has 0 spiro atoms.